The molecule has 2 N–H and O–H groups in total. The van der Waals surface area contributed by atoms with Gasteiger partial charge >= 0.3 is 0 Å². The van der Waals surface area contributed by atoms with E-state index in [0.29, 0.717) is 30.1 Å². The fourth-order valence-corrected chi connectivity index (χ4v) is 3.21. The van der Waals surface area contributed by atoms with E-state index in [1.807, 2.05) is 0 Å². The Balaban J connectivity index is 1.48. The number of rotatable bonds is 3. The SMILES string of the molecule is O=C1COc2ccc(NC(=O)C3CCCN3C(=O)c3ccco3)cc2N1. The van der Waals surface area contributed by atoms with Gasteiger partial charge in [0.1, 0.15) is 11.8 Å². The molecule has 1 aromatic heterocycles. The van der Waals surface area contributed by atoms with Gasteiger partial charge in [-0.3, -0.25) is 14.4 Å². The molecule has 2 aromatic rings. The van der Waals surface area contributed by atoms with Crippen LogP contribution in [0.15, 0.2) is 41.0 Å². The number of hydrogen-bond acceptors (Lipinski definition) is 5. The van der Waals surface area contributed by atoms with E-state index in [9.17, 15) is 14.4 Å². The number of nitrogens with zero attached hydrogens (tertiary/aromatic N) is 1. The third-order valence-corrected chi connectivity index (χ3v) is 4.43. The highest BCUT2D eigenvalue weighted by atomic mass is 16.5. The lowest BCUT2D eigenvalue weighted by Gasteiger charge is -2.23. The molecule has 0 radical (unpaired) electrons. The van der Waals surface area contributed by atoms with Gasteiger partial charge in [0.05, 0.1) is 12.0 Å². The zero-order valence-electron chi connectivity index (χ0n) is 13.9. The molecule has 1 aromatic carbocycles. The largest absolute Gasteiger partial charge is 0.482 e. The summed E-state index contributed by atoms with van der Waals surface area (Å²) in [5.41, 5.74) is 1.03. The van der Waals surface area contributed by atoms with Crippen molar-refractivity contribution < 1.29 is 23.5 Å². The van der Waals surface area contributed by atoms with Gasteiger partial charge in [0.2, 0.25) is 5.91 Å². The molecule has 8 nitrogen and oxygen atoms in total. The van der Waals surface area contributed by atoms with Crippen LogP contribution in [0.1, 0.15) is 23.4 Å². The van der Waals surface area contributed by atoms with Gasteiger partial charge in [-0.05, 0) is 43.2 Å². The van der Waals surface area contributed by atoms with Gasteiger partial charge in [-0.25, -0.2) is 0 Å². The van der Waals surface area contributed by atoms with Crippen molar-refractivity contribution in [3.63, 3.8) is 0 Å². The van der Waals surface area contributed by atoms with Crippen LogP contribution in [0.2, 0.25) is 0 Å². The molecule has 134 valence electrons. The summed E-state index contributed by atoms with van der Waals surface area (Å²) in [5, 5.41) is 5.51. The van der Waals surface area contributed by atoms with Crippen LogP contribution >= 0.6 is 0 Å². The number of likely N-dealkylation sites (tertiary alicyclic amines) is 1. The van der Waals surface area contributed by atoms with Gasteiger partial charge in [0.25, 0.3) is 11.8 Å². The van der Waals surface area contributed by atoms with Crippen molar-refractivity contribution in [3.8, 4) is 5.75 Å². The van der Waals surface area contributed by atoms with Crippen molar-refractivity contribution in [2.24, 2.45) is 0 Å². The van der Waals surface area contributed by atoms with Crippen molar-refractivity contribution in [2.45, 2.75) is 18.9 Å². The van der Waals surface area contributed by atoms with E-state index in [1.165, 1.54) is 11.2 Å². The monoisotopic (exact) mass is 355 g/mol. The first-order valence-corrected chi connectivity index (χ1v) is 8.34. The number of carbonyl (C=O) groups excluding carboxylic acids is 3. The zero-order chi connectivity index (χ0) is 18.1. The van der Waals surface area contributed by atoms with Crippen LogP contribution in [-0.4, -0.2) is 41.8 Å². The molecule has 3 heterocycles. The molecule has 0 bridgehead atoms. The Bertz CT molecular complexity index is 862. The first-order valence-electron chi connectivity index (χ1n) is 8.34. The molecular weight excluding hydrogens is 338 g/mol. The minimum atomic E-state index is -0.561. The topological polar surface area (TPSA) is 101 Å². The van der Waals surface area contributed by atoms with Crippen LogP contribution in [-0.2, 0) is 9.59 Å². The highest BCUT2D eigenvalue weighted by Gasteiger charge is 2.35. The number of anilines is 2. The van der Waals surface area contributed by atoms with Crippen LogP contribution in [0.3, 0.4) is 0 Å². The second-order valence-electron chi connectivity index (χ2n) is 6.17. The molecule has 26 heavy (non-hydrogen) atoms. The molecule has 8 heteroatoms. The van der Waals surface area contributed by atoms with Crippen molar-refractivity contribution in [3.05, 3.63) is 42.4 Å². The van der Waals surface area contributed by atoms with Crippen LogP contribution in [0.5, 0.6) is 5.75 Å². The van der Waals surface area contributed by atoms with E-state index in [-0.39, 0.29) is 30.1 Å². The van der Waals surface area contributed by atoms with Gasteiger partial charge in [-0.1, -0.05) is 0 Å². The average Bonchev–Trinajstić information content (AvgIpc) is 3.32. The summed E-state index contributed by atoms with van der Waals surface area (Å²) >= 11 is 0. The van der Waals surface area contributed by atoms with Crippen molar-refractivity contribution in [1.29, 1.82) is 0 Å². The molecule has 1 unspecified atom stereocenters. The third kappa shape index (κ3) is 3.01. The van der Waals surface area contributed by atoms with Crippen molar-refractivity contribution >= 4 is 29.1 Å². The summed E-state index contributed by atoms with van der Waals surface area (Å²) in [6.45, 7) is 0.482. The fourth-order valence-electron chi connectivity index (χ4n) is 3.21. The first-order chi connectivity index (χ1) is 12.6. The summed E-state index contributed by atoms with van der Waals surface area (Å²) in [5.74, 6) is -0.0346. The minimum absolute atomic E-state index is 0.0232. The van der Waals surface area contributed by atoms with Crippen molar-refractivity contribution in [1.82, 2.24) is 4.90 Å². The Kier molecular flexibility index (Phi) is 4.08. The van der Waals surface area contributed by atoms with Crippen molar-refractivity contribution in [2.75, 3.05) is 23.8 Å². The highest BCUT2D eigenvalue weighted by Crippen LogP contribution is 2.31. The Morgan fingerprint density at radius 3 is 2.96 bits per heavy atom. The first kappa shape index (κ1) is 16.2. The molecule has 2 aliphatic heterocycles. The second kappa shape index (κ2) is 6.55. The van der Waals surface area contributed by atoms with Crippen LogP contribution in [0, 0.1) is 0 Å². The molecular formula is C18H17N3O5. The number of carbonyl (C=O) groups is 3. The maximum atomic E-state index is 12.7. The number of ether oxygens (including phenoxy) is 1. The normalized spacial score (nSPS) is 18.7. The van der Waals surface area contributed by atoms with E-state index in [4.69, 9.17) is 9.15 Å². The Hall–Kier alpha value is -3.29. The van der Waals surface area contributed by atoms with Gasteiger partial charge in [-0.15, -0.1) is 0 Å². The standard InChI is InChI=1S/C18H17N3O5/c22-16-10-26-14-6-5-11(9-12(14)20-16)19-17(23)13-3-1-7-21(13)18(24)15-4-2-8-25-15/h2,4-6,8-9,13H,1,3,7,10H2,(H,19,23)(H,20,22). The van der Waals surface area contributed by atoms with E-state index in [2.05, 4.69) is 10.6 Å². The van der Waals surface area contributed by atoms with Crippen LogP contribution < -0.4 is 15.4 Å². The molecule has 3 amide bonds. The smallest absolute Gasteiger partial charge is 0.290 e. The molecule has 2 aliphatic rings. The number of amides is 3. The molecule has 4 rings (SSSR count). The summed E-state index contributed by atoms with van der Waals surface area (Å²) in [4.78, 5) is 38.1. The molecule has 1 saturated heterocycles. The maximum absolute atomic E-state index is 12.7. The van der Waals surface area contributed by atoms with E-state index >= 15 is 0 Å². The zero-order valence-corrected chi connectivity index (χ0v) is 13.9. The second-order valence-corrected chi connectivity index (χ2v) is 6.17. The molecule has 0 aliphatic carbocycles. The predicted molar refractivity (Wildman–Crippen MR) is 92.0 cm³/mol. The fraction of sp³-hybridized carbons (Fsp3) is 0.278. The third-order valence-electron chi connectivity index (χ3n) is 4.43. The summed E-state index contributed by atoms with van der Waals surface area (Å²) in [6.07, 6.45) is 2.77. The maximum Gasteiger partial charge on any atom is 0.290 e. The molecule has 0 spiro atoms. The van der Waals surface area contributed by atoms with E-state index < -0.39 is 6.04 Å². The summed E-state index contributed by atoms with van der Waals surface area (Å²) < 4.78 is 10.4. The number of nitrogens with one attached hydrogen (secondary N) is 2. The highest BCUT2D eigenvalue weighted by molar-refractivity contribution is 6.01. The lowest BCUT2D eigenvalue weighted by molar-refractivity contribution is -0.120. The Labute approximate surface area is 149 Å². The molecule has 0 saturated carbocycles. The summed E-state index contributed by atoms with van der Waals surface area (Å²) in [7, 11) is 0. The molecule has 1 fully saturated rings. The predicted octanol–water partition coefficient (Wildman–Crippen LogP) is 1.85. The average molecular weight is 355 g/mol. The minimum Gasteiger partial charge on any atom is -0.482 e. The van der Waals surface area contributed by atoms with E-state index in [1.54, 1.807) is 30.3 Å². The Morgan fingerprint density at radius 2 is 2.15 bits per heavy atom. The van der Waals surface area contributed by atoms with Gasteiger partial charge in [0, 0.05) is 12.2 Å². The van der Waals surface area contributed by atoms with Gasteiger partial charge in [-0.2, -0.15) is 0 Å². The van der Waals surface area contributed by atoms with Gasteiger partial charge in [0.15, 0.2) is 12.4 Å². The summed E-state index contributed by atoms with van der Waals surface area (Å²) in [6, 6.07) is 7.68. The van der Waals surface area contributed by atoms with Crippen LogP contribution in [0.25, 0.3) is 0 Å². The van der Waals surface area contributed by atoms with Crippen LogP contribution in [0.4, 0.5) is 11.4 Å². The Morgan fingerprint density at radius 1 is 1.27 bits per heavy atom. The lowest BCUT2D eigenvalue weighted by Crippen LogP contribution is -2.43. The number of benzene rings is 1. The van der Waals surface area contributed by atoms with E-state index in [0.717, 1.165) is 6.42 Å². The number of furan rings is 1. The number of fused-ring (bicyclic) bond motifs is 1. The van der Waals surface area contributed by atoms with Gasteiger partial charge < -0.3 is 24.7 Å². The number of hydrogen-bond donors (Lipinski definition) is 2. The lowest BCUT2D eigenvalue weighted by atomic mass is 10.2. The quantitative estimate of drug-likeness (QED) is 0.875. The molecule has 1 atom stereocenters.